The third-order valence-electron chi connectivity index (χ3n) is 3.23. The van der Waals surface area contributed by atoms with Crippen LogP contribution in [0.5, 0.6) is 0 Å². The fourth-order valence-electron chi connectivity index (χ4n) is 1.90. The molecule has 6 heteroatoms. The van der Waals surface area contributed by atoms with Crippen molar-refractivity contribution in [2.24, 2.45) is 0 Å². The van der Waals surface area contributed by atoms with Gasteiger partial charge in [-0.05, 0) is 26.3 Å². The van der Waals surface area contributed by atoms with E-state index in [1.807, 2.05) is 18.5 Å². The zero-order valence-corrected chi connectivity index (χ0v) is 11.0. The normalized spacial score (nSPS) is 24.2. The van der Waals surface area contributed by atoms with Crippen LogP contribution in [0, 0.1) is 20.8 Å². The van der Waals surface area contributed by atoms with Gasteiger partial charge in [-0.2, -0.15) is 5.10 Å². The van der Waals surface area contributed by atoms with Gasteiger partial charge in [0.15, 0.2) is 0 Å². The van der Waals surface area contributed by atoms with E-state index in [0.717, 1.165) is 17.9 Å². The van der Waals surface area contributed by atoms with Crippen LogP contribution in [0.15, 0.2) is 0 Å². The summed E-state index contributed by atoms with van der Waals surface area (Å²) in [7, 11) is 0. The highest BCUT2D eigenvalue weighted by Gasteiger charge is 2.29. The molecule has 1 aromatic heterocycles. The number of aromatic nitrogens is 2. The first kappa shape index (κ1) is 12.4. The predicted octanol–water partition coefficient (Wildman–Crippen LogP) is 0.924. The van der Waals surface area contributed by atoms with Gasteiger partial charge in [0.05, 0.1) is 17.6 Å². The molecule has 0 amide bonds. The molecule has 94 valence electrons. The second-order valence-electron chi connectivity index (χ2n) is 4.36. The molecule has 2 rings (SSSR count). The number of aliphatic carboxylic acids is 1. The van der Waals surface area contributed by atoms with E-state index in [1.54, 1.807) is 11.8 Å². The highest BCUT2D eigenvalue weighted by molar-refractivity contribution is 8.00. The fraction of sp³-hybridized carbons (Fsp3) is 0.636. The molecule has 0 aromatic carbocycles. The molecule has 0 saturated carbocycles. The maximum Gasteiger partial charge on any atom is 0.321 e. The van der Waals surface area contributed by atoms with Gasteiger partial charge in [-0.15, -0.1) is 11.8 Å². The van der Waals surface area contributed by atoms with E-state index in [-0.39, 0.29) is 5.37 Å². The largest absolute Gasteiger partial charge is 0.480 e. The Morgan fingerprint density at radius 2 is 2.29 bits per heavy atom. The van der Waals surface area contributed by atoms with Crippen molar-refractivity contribution in [1.82, 2.24) is 15.1 Å². The van der Waals surface area contributed by atoms with Crippen LogP contribution in [0.2, 0.25) is 0 Å². The van der Waals surface area contributed by atoms with Crippen molar-refractivity contribution in [2.45, 2.75) is 38.7 Å². The molecule has 1 fully saturated rings. The van der Waals surface area contributed by atoms with Crippen LogP contribution < -0.4 is 5.32 Å². The zero-order valence-electron chi connectivity index (χ0n) is 10.2. The fourth-order valence-corrected chi connectivity index (χ4v) is 3.07. The topological polar surface area (TPSA) is 67.2 Å². The number of hydrogen-bond acceptors (Lipinski definition) is 4. The van der Waals surface area contributed by atoms with E-state index in [1.165, 1.54) is 5.56 Å². The molecule has 0 radical (unpaired) electrons. The average molecular weight is 255 g/mol. The Balaban J connectivity index is 2.03. The van der Waals surface area contributed by atoms with Crippen molar-refractivity contribution in [3.8, 4) is 0 Å². The molecule has 1 saturated heterocycles. The van der Waals surface area contributed by atoms with E-state index in [9.17, 15) is 4.79 Å². The lowest BCUT2D eigenvalue weighted by Gasteiger charge is -2.12. The molecule has 1 aliphatic heterocycles. The zero-order chi connectivity index (χ0) is 12.6. The monoisotopic (exact) mass is 255 g/mol. The van der Waals surface area contributed by atoms with Gasteiger partial charge in [-0.3, -0.25) is 14.8 Å². The van der Waals surface area contributed by atoms with E-state index >= 15 is 0 Å². The van der Waals surface area contributed by atoms with Crippen LogP contribution in [0.25, 0.3) is 0 Å². The number of aryl methyl sites for hydroxylation is 1. The van der Waals surface area contributed by atoms with Gasteiger partial charge in [-0.25, -0.2) is 0 Å². The van der Waals surface area contributed by atoms with Crippen LogP contribution >= 0.6 is 11.8 Å². The Bertz CT molecular complexity index is 444. The van der Waals surface area contributed by atoms with Crippen LogP contribution in [0.1, 0.15) is 17.0 Å². The Labute approximate surface area is 105 Å². The minimum absolute atomic E-state index is 0.133. The average Bonchev–Trinajstić information content (AvgIpc) is 2.82. The molecule has 17 heavy (non-hydrogen) atoms. The van der Waals surface area contributed by atoms with Gasteiger partial charge in [0, 0.05) is 11.4 Å². The summed E-state index contributed by atoms with van der Waals surface area (Å²) in [5.74, 6) is -0.150. The first-order valence-electron chi connectivity index (χ1n) is 5.60. The van der Waals surface area contributed by atoms with Crippen LogP contribution in [0.3, 0.4) is 0 Å². The molecule has 1 aliphatic rings. The van der Waals surface area contributed by atoms with Gasteiger partial charge in [0.25, 0.3) is 0 Å². The summed E-state index contributed by atoms with van der Waals surface area (Å²) in [6.45, 7) is 6.82. The van der Waals surface area contributed by atoms with Crippen LogP contribution in [-0.4, -0.2) is 38.0 Å². The molecule has 5 nitrogen and oxygen atoms in total. The summed E-state index contributed by atoms with van der Waals surface area (Å²) >= 11 is 1.64. The van der Waals surface area contributed by atoms with Gasteiger partial charge in [0.2, 0.25) is 0 Å². The molecule has 1 aromatic rings. The summed E-state index contributed by atoms with van der Waals surface area (Å²) in [5, 5.41) is 16.6. The molecule has 2 heterocycles. The van der Waals surface area contributed by atoms with Crippen molar-refractivity contribution in [3.63, 3.8) is 0 Å². The summed E-state index contributed by atoms with van der Waals surface area (Å²) in [4.78, 5) is 10.8. The van der Waals surface area contributed by atoms with Crippen molar-refractivity contribution < 1.29 is 9.90 Å². The number of carbonyl (C=O) groups is 1. The lowest BCUT2D eigenvalue weighted by Crippen LogP contribution is -2.38. The van der Waals surface area contributed by atoms with Crippen molar-refractivity contribution in [2.75, 3.05) is 5.75 Å². The smallest absolute Gasteiger partial charge is 0.321 e. The maximum absolute atomic E-state index is 10.8. The molecule has 0 unspecified atom stereocenters. The number of carboxylic acid groups (broad SMARTS) is 1. The van der Waals surface area contributed by atoms with E-state index in [4.69, 9.17) is 5.11 Å². The Kier molecular flexibility index (Phi) is 3.44. The third-order valence-corrected chi connectivity index (χ3v) is 4.44. The maximum atomic E-state index is 10.8. The summed E-state index contributed by atoms with van der Waals surface area (Å²) in [6, 6.07) is -0.428. The number of nitrogens with zero attached hydrogens (tertiary/aromatic N) is 2. The molecule has 0 spiro atoms. The highest BCUT2D eigenvalue weighted by atomic mass is 32.2. The number of thioether (sulfide) groups is 1. The lowest BCUT2D eigenvalue weighted by molar-refractivity contribution is -0.138. The quantitative estimate of drug-likeness (QED) is 0.841. The highest BCUT2D eigenvalue weighted by Crippen LogP contribution is 2.21. The lowest BCUT2D eigenvalue weighted by atomic mass is 10.2. The Hall–Kier alpha value is -1.01. The van der Waals surface area contributed by atoms with Crippen molar-refractivity contribution >= 4 is 17.7 Å². The van der Waals surface area contributed by atoms with Crippen molar-refractivity contribution in [1.29, 1.82) is 0 Å². The van der Waals surface area contributed by atoms with Gasteiger partial charge in [-0.1, -0.05) is 0 Å². The predicted molar refractivity (Wildman–Crippen MR) is 67.2 cm³/mol. The first-order valence-corrected chi connectivity index (χ1v) is 6.65. The summed E-state index contributed by atoms with van der Waals surface area (Å²) in [6.07, 6.45) is 0. The molecular formula is C11H17N3O2S. The van der Waals surface area contributed by atoms with Gasteiger partial charge >= 0.3 is 5.97 Å². The van der Waals surface area contributed by atoms with Crippen molar-refractivity contribution in [3.05, 3.63) is 17.0 Å². The standard InChI is InChI=1S/C11H17N3O2S/c1-6-7(2)13-14(8(6)3)4-10-12-9(5-17-10)11(15)16/h9-10,12H,4-5H2,1-3H3,(H,15,16)/t9-,10-/m1/s1. The minimum Gasteiger partial charge on any atom is -0.480 e. The van der Waals surface area contributed by atoms with Crippen LogP contribution in [-0.2, 0) is 11.3 Å². The van der Waals surface area contributed by atoms with E-state index in [0.29, 0.717) is 5.75 Å². The van der Waals surface area contributed by atoms with E-state index < -0.39 is 12.0 Å². The number of rotatable bonds is 3. The Morgan fingerprint density at radius 1 is 1.59 bits per heavy atom. The number of hydrogen-bond donors (Lipinski definition) is 2. The third kappa shape index (κ3) is 2.47. The van der Waals surface area contributed by atoms with Gasteiger partial charge in [0.1, 0.15) is 6.04 Å². The molecule has 0 aliphatic carbocycles. The first-order chi connectivity index (χ1) is 7.99. The minimum atomic E-state index is -0.774. The van der Waals surface area contributed by atoms with E-state index in [2.05, 4.69) is 17.3 Å². The number of nitrogens with one attached hydrogen (secondary N) is 1. The number of carboxylic acids is 1. The molecule has 2 N–H and O–H groups in total. The summed E-state index contributed by atoms with van der Waals surface area (Å²) < 4.78 is 1.96. The second-order valence-corrected chi connectivity index (χ2v) is 5.59. The molecule has 2 atom stereocenters. The van der Waals surface area contributed by atoms with Crippen LogP contribution in [0.4, 0.5) is 0 Å². The Morgan fingerprint density at radius 3 is 2.76 bits per heavy atom. The molecular weight excluding hydrogens is 238 g/mol. The van der Waals surface area contributed by atoms with Gasteiger partial charge < -0.3 is 5.11 Å². The molecule has 0 bridgehead atoms. The summed E-state index contributed by atoms with van der Waals surface area (Å²) in [5.41, 5.74) is 3.41. The SMILES string of the molecule is Cc1nn(C[C@@H]2N[C@@H](C(=O)O)CS2)c(C)c1C. The second kappa shape index (κ2) is 4.70.